The minimum absolute atomic E-state index is 0.262. The molecule has 2 aromatic rings. The minimum Gasteiger partial charge on any atom is -0.377 e. The number of hydrogen-bond acceptors (Lipinski definition) is 2. The van der Waals surface area contributed by atoms with E-state index in [4.69, 9.17) is 0 Å². The molecule has 0 aliphatic carbocycles. The van der Waals surface area contributed by atoms with Crippen molar-refractivity contribution in [1.82, 2.24) is 4.98 Å². The second-order valence-electron chi connectivity index (χ2n) is 5.45. The largest absolute Gasteiger partial charge is 0.377 e. The van der Waals surface area contributed by atoms with Gasteiger partial charge >= 0.3 is 0 Å². The van der Waals surface area contributed by atoms with E-state index in [9.17, 15) is 0 Å². The molecule has 2 rings (SSSR count). The monoisotopic (exact) mass is 332 g/mol. The van der Waals surface area contributed by atoms with Gasteiger partial charge in [-0.05, 0) is 59.0 Å². The van der Waals surface area contributed by atoms with Crippen LogP contribution in [-0.4, -0.2) is 4.98 Å². The van der Waals surface area contributed by atoms with Gasteiger partial charge in [-0.3, -0.25) is 0 Å². The number of nitrogens with one attached hydrogen (secondary N) is 1. The predicted molar refractivity (Wildman–Crippen MR) is 89.2 cm³/mol. The van der Waals surface area contributed by atoms with Crippen LogP contribution >= 0.6 is 15.9 Å². The molecule has 3 heteroatoms. The van der Waals surface area contributed by atoms with Crippen LogP contribution in [0.25, 0.3) is 0 Å². The number of anilines is 1. The van der Waals surface area contributed by atoms with Gasteiger partial charge in [0, 0.05) is 6.04 Å². The molecule has 0 aliphatic heterocycles. The topological polar surface area (TPSA) is 24.9 Å². The van der Waals surface area contributed by atoms with Crippen molar-refractivity contribution in [2.75, 3.05) is 5.32 Å². The zero-order chi connectivity index (χ0) is 14.7. The van der Waals surface area contributed by atoms with E-state index in [2.05, 4.69) is 77.3 Å². The third-order valence-electron chi connectivity index (χ3n) is 3.53. The van der Waals surface area contributed by atoms with Crippen molar-refractivity contribution in [1.29, 1.82) is 0 Å². The molecular weight excluding hydrogens is 312 g/mol. The van der Waals surface area contributed by atoms with E-state index in [0.717, 1.165) is 16.0 Å². The third kappa shape index (κ3) is 3.60. The first-order chi connectivity index (χ1) is 9.47. The van der Waals surface area contributed by atoms with Crippen LogP contribution < -0.4 is 5.32 Å². The number of aryl methyl sites for hydroxylation is 1. The van der Waals surface area contributed by atoms with Crippen LogP contribution in [0.5, 0.6) is 0 Å². The zero-order valence-electron chi connectivity index (χ0n) is 12.4. The molecule has 20 heavy (non-hydrogen) atoms. The van der Waals surface area contributed by atoms with Crippen molar-refractivity contribution in [3.05, 3.63) is 57.8 Å². The molecule has 0 amide bonds. The lowest BCUT2D eigenvalue weighted by molar-refractivity contribution is 0.850. The van der Waals surface area contributed by atoms with E-state index in [-0.39, 0.29) is 6.04 Å². The average molecular weight is 333 g/mol. The molecule has 0 spiro atoms. The van der Waals surface area contributed by atoms with Crippen LogP contribution in [0, 0.1) is 6.92 Å². The van der Waals surface area contributed by atoms with Gasteiger partial charge in [-0.25, -0.2) is 4.98 Å². The van der Waals surface area contributed by atoms with Gasteiger partial charge in [0.15, 0.2) is 0 Å². The van der Waals surface area contributed by atoms with Gasteiger partial charge in [-0.2, -0.15) is 0 Å². The van der Waals surface area contributed by atoms with Gasteiger partial charge in [0.25, 0.3) is 0 Å². The number of pyridine rings is 1. The van der Waals surface area contributed by atoms with E-state index in [1.165, 1.54) is 11.1 Å². The van der Waals surface area contributed by atoms with Crippen molar-refractivity contribution < 1.29 is 0 Å². The summed E-state index contributed by atoms with van der Waals surface area (Å²) in [6, 6.07) is 13.1. The number of aromatic nitrogens is 1. The van der Waals surface area contributed by atoms with E-state index < -0.39 is 0 Å². The van der Waals surface area contributed by atoms with Gasteiger partial charge < -0.3 is 5.32 Å². The summed E-state index contributed by atoms with van der Waals surface area (Å²) < 4.78 is 0.870. The Hall–Kier alpha value is -1.35. The molecular formula is C17H21BrN2. The van der Waals surface area contributed by atoms with Crippen LogP contribution in [0.2, 0.25) is 0 Å². The smallest absolute Gasteiger partial charge is 0.106 e. The summed E-state index contributed by atoms with van der Waals surface area (Å²) in [4.78, 5) is 4.41. The maximum atomic E-state index is 4.41. The van der Waals surface area contributed by atoms with E-state index >= 15 is 0 Å². The fourth-order valence-corrected chi connectivity index (χ4v) is 2.57. The van der Waals surface area contributed by atoms with E-state index in [1.54, 1.807) is 0 Å². The molecule has 0 bridgehead atoms. The zero-order valence-corrected chi connectivity index (χ0v) is 14.0. The Balaban J connectivity index is 2.13. The van der Waals surface area contributed by atoms with Crippen LogP contribution in [0.15, 0.2) is 41.0 Å². The van der Waals surface area contributed by atoms with Gasteiger partial charge in [0.2, 0.25) is 0 Å². The van der Waals surface area contributed by atoms with Crippen molar-refractivity contribution in [2.24, 2.45) is 0 Å². The summed E-state index contributed by atoms with van der Waals surface area (Å²) in [5.74, 6) is 0.574. The molecule has 1 unspecified atom stereocenters. The van der Waals surface area contributed by atoms with Crippen LogP contribution in [0.3, 0.4) is 0 Å². The number of rotatable bonds is 4. The molecule has 106 valence electrons. The molecule has 1 heterocycles. The highest BCUT2D eigenvalue weighted by Gasteiger charge is 2.08. The molecule has 0 aliphatic rings. The predicted octanol–water partition coefficient (Wildman–Crippen LogP) is 5.45. The van der Waals surface area contributed by atoms with Crippen molar-refractivity contribution in [3.8, 4) is 0 Å². The lowest BCUT2D eigenvalue weighted by atomic mass is 9.99. The summed E-state index contributed by atoms with van der Waals surface area (Å²) in [6.07, 6.45) is 0. The molecule has 0 fully saturated rings. The van der Waals surface area contributed by atoms with Gasteiger partial charge in [0.05, 0.1) is 11.4 Å². The Morgan fingerprint density at radius 1 is 0.950 bits per heavy atom. The molecule has 0 radical (unpaired) electrons. The van der Waals surface area contributed by atoms with Gasteiger partial charge in [-0.1, -0.05) is 38.1 Å². The number of halogens is 1. The Morgan fingerprint density at radius 3 is 2.10 bits per heavy atom. The Kier molecular flexibility index (Phi) is 4.81. The summed E-state index contributed by atoms with van der Waals surface area (Å²) in [7, 11) is 0. The summed E-state index contributed by atoms with van der Waals surface area (Å²) >= 11 is 3.39. The highest BCUT2D eigenvalue weighted by Crippen LogP contribution is 2.24. The lowest BCUT2D eigenvalue weighted by Gasteiger charge is -2.18. The molecule has 0 saturated carbocycles. The molecule has 2 nitrogen and oxygen atoms in total. The maximum absolute atomic E-state index is 4.41. The third-order valence-corrected chi connectivity index (χ3v) is 3.97. The first-order valence-corrected chi connectivity index (χ1v) is 7.76. The fraction of sp³-hybridized carbons (Fsp3) is 0.353. The molecule has 1 aromatic carbocycles. The Morgan fingerprint density at radius 2 is 1.55 bits per heavy atom. The lowest BCUT2D eigenvalue weighted by Crippen LogP contribution is -2.08. The SMILES string of the molecule is Cc1nc(Br)ccc1NC(C)c1ccc(C(C)C)cc1. The molecule has 1 aromatic heterocycles. The fourth-order valence-electron chi connectivity index (χ4n) is 2.17. The first kappa shape index (κ1) is 15.0. The average Bonchev–Trinajstić information content (AvgIpc) is 2.42. The van der Waals surface area contributed by atoms with Crippen molar-refractivity contribution >= 4 is 21.6 Å². The van der Waals surface area contributed by atoms with E-state index in [1.807, 2.05) is 13.0 Å². The normalized spacial score (nSPS) is 12.5. The van der Waals surface area contributed by atoms with Crippen molar-refractivity contribution in [3.63, 3.8) is 0 Å². The number of hydrogen-bond donors (Lipinski definition) is 1. The minimum atomic E-state index is 0.262. The van der Waals surface area contributed by atoms with E-state index in [0.29, 0.717) is 5.92 Å². The van der Waals surface area contributed by atoms with Crippen LogP contribution in [0.1, 0.15) is 49.6 Å². The Labute approximate surface area is 129 Å². The van der Waals surface area contributed by atoms with Gasteiger partial charge in [0.1, 0.15) is 4.60 Å². The highest BCUT2D eigenvalue weighted by atomic mass is 79.9. The standard InChI is InChI=1S/C17H21BrN2/c1-11(2)14-5-7-15(8-6-14)12(3)19-16-9-10-17(18)20-13(16)4/h5-12,19H,1-4H3. The summed E-state index contributed by atoms with van der Waals surface area (Å²) in [5.41, 5.74) is 4.75. The molecule has 1 N–H and O–H groups in total. The molecule has 1 atom stereocenters. The first-order valence-electron chi connectivity index (χ1n) is 6.97. The van der Waals surface area contributed by atoms with Crippen LogP contribution in [-0.2, 0) is 0 Å². The van der Waals surface area contributed by atoms with Crippen LogP contribution in [0.4, 0.5) is 5.69 Å². The summed E-state index contributed by atoms with van der Waals surface area (Å²) in [5, 5.41) is 3.52. The van der Waals surface area contributed by atoms with Crippen molar-refractivity contribution in [2.45, 2.75) is 39.7 Å². The Bertz CT molecular complexity index is 576. The second kappa shape index (κ2) is 6.40. The second-order valence-corrected chi connectivity index (χ2v) is 6.27. The number of benzene rings is 1. The quantitative estimate of drug-likeness (QED) is 0.753. The summed E-state index contributed by atoms with van der Waals surface area (Å²) in [6.45, 7) is 8.62. The molecule has 0 saturated heterocycles. The maximum Gasteiger partial charge on any atom is 0.106 e. The van der Waals surface area contributed by atoms with Gasteiger partial charge in [-0.15, -0.1) is 0 Å². The highest BCUT2D eigenvalue weighted by molar-refractivity contribution is 9.10. The number of nitrogens with zero attached hydrogens (tertiary/aromatic N) is 1.